The van der Waals surface area contributed by atoms with Gasteiger partial charge in [0.1, 0.15) is 10.7 Å². The lowest BCUT2D eigenvalue weighted by atomic mass is 10.3. The van der Waals surface area contributed by atoms with E-state index in [0.717, 1.165) is 35.6 Å². The Hall–Kier alpha value is -0.330. The van der Waals surface area contributed by atoms with E-state index in [4.69, 9.17) is 0 Å². The molecule has 0 bridgehead atoms. The van der Waals surface area contributed by atoms with Crippen LogP contribution in [0.2, 0.25) is 0 Å². The van der Waals surface area contributed by atoms with Crippen LogP contribution in [-0.4, -0.2) is 45.6 Å². The maximum absolute atomic E-state index is 4.16. The fraction of sp³-hybridized carbons (Fsp3) is 0.778. The third-order valence-electron chi connectivity index (χ3n) is 2.48. The van der Waals surface area contributed by atoms with E-state index in [1.807, 2.05) is 7.05 Å². The van der Waals surface area contributed by atoms with Gasteiger partial charge in [-0.15, -0.1) is 5.10 Å². The van der Waals surface area contributed by atoms with E-state index >= 15 is 0 Å². The van der Waals surface area contributed by atoms with Gasteiger partial charge >= 0.3 is 0 Å². The van der Waals surface area contributed by atoms with Crippen LogP contribution in [-0.2, 0) is 6.54 Å². The molecule has 1 fully saturated rings. The highest BCUT2D eigenvalue weighted by Gasteiger charge is 2.18. The molecule has 1 atom stereocenters. The Morgan fingerprint density at radius 3 is 3.20 bits per heavy atom. The van der Waals surface area contributed by atoms with Crippen molar-refractivity contribution in [2.45, 2.75) is 18.7 Å². The van der Waals surface area contributed by atoms with Crippen LogP contribution in [0.5, 0.6) is 0 Å². The van der Waals surface area contributed by atoms with Gasteiger partial charge in [-0.05, 0) is 0 Å². The summed E-state index contributed by atoms with van der Waals surface area (Å²) in [5, 5.41) is 9.14. The summed E-state index contributed by atoms with van der Waals surface area (Å²) in [6.45, 7) is 5.54. The highest BCUT2D eigenvalue weighted by molar-refractivity contribution is 7.99. The minimum absolute atomic E-state index is 0.739. The lowest BCUT2D eigenvalue weighted by Gasteiger charge is -2.29. The summed E-state index contributed by atoms with van der Waals surface area (Å²) < 4.78 is 3.97. The summed E-state index contributed by atoms with van der Waals surface area (Å²) in [7, 11) is 1.92. The molecule has 4 nitrogen and oxygen atoms in total. The first-order chi connectivity index (χ1) is 7.29. The topological polar surface area (TPSA) is 41.1 Å². The molecular weight excluding hydrogens is 228 g/mol. The van der Waals surface area contributed by atoms with Crippen molar-refractivity contribution < 1.29 is 0 Å². The van der Waals surface area contributed by atoms with Crippen molar-refractivity contribution in [3.8, 4) is 0 Å². The summed E-state index contributed by atoms with van der Waals surface area (Å²) in [6, 6.07) is 0. The second-order valence-corrected chi connectivity index (χ2v) is 6.02. The SMILES string of the molecule is CNc1snnc1CN1CCSC(C)C1. The highest BCUT2D eigenvalue weighted by atomic mass is 32.2. The number of anilines is 1. The molecule has 1 saturated heterocycles. The van der Waals surface area contributed by atoms with Crippen molar-refractivity contribution >= 4 is 28.3 Å². The van der Waals surface area contributed by atoms with E-state index in [0.29, 0.717) is 0 Å². The molecule has 1 aliphatic heterocycles. The van der Waals surface area contributed by atoms with Gasteiger partial charge in [0, 0.05) is 49.2 Å². The Morgan fingerprint density at radius 1 is 1.60 bits per heavy atom. The first-order valence-electron chi connectivity index (χ1n) is 5.12. The van der Waals surface area contributed by atoms with Gasteiger partial charge in [0.15, 0.2) is 0 Å². The highest BCUT2D eigenvalue weighted by Crippen LogP contribution is 2.22. The molecule has 1 aromatic heterocycles. The van der Waals surface area contributed by atoms with Crippen LogP contribution in [0.25, 0.3) is 0 Å². The molecule has 0 radical (unpaired) electrons. The van der Waals surface area contributed by atoms with Crippen LogP contribution >= 0.6 is 23.3 Å². The normalized spacial score (nSPS) is 22.9. The average molecular weight is 244 g/mol. The van der Waals surface area contributed by atoms with Crippen LogP contribution < -0.4 is 5.32 Å². The predicted molar refractivity (Wildman–Crippen MR) is 66.7 cm³/mol. The van der Waals surface area contributed by atoms with Crippen LogP contribution in [0.3, 0.4) is 0 Å². The van der Waals surface area contributed by atoms with Gasteiger partial charge < -0.3 is 5.32 Å². The van der Waals surface area contributed by atoms with Crippen LogP contribution in [0.15, 0.2) is 0 Å². The molecule has 1 aromatic rings. The molecule has 0 spiro atoms. The average Bonchev–Trinajstić information content (AvgIpc) is 2.65. The van der Waals surface area contributed by atoms with E-state index in [1.54, 1.807) is 0 Å². The van der Waals surface area contributed by atoms with Crippen molar-refractivity contribution in [2.24, 2.45) is 0 Å². The summed E-state index contributed by atoms with van der Waals surface area (Å²) in [6.07, 6.45) is 0. The molecule has 1 aliphatic rings. The van der Waals surface area contributed by atoms with E-state index in [9.17, 15) is 0 Å². The van der Waals surface area contributed by atoms with Crippen molar-refractivity contribution in [1.29, 1.82) is 0 Å². The number of rotatable bonds is 3. The summed E-state index contributed by atoms with van der Waals surface area (Å²) in [5.74, 6) is 1.23. The summed E-state index contributed by atoms with van der Waals surface area (Å²) >= 11 is 3.49. The Morgan fingerprint density at radius 2 is 2.47 bits per heavy atom. The molecular formula is C9H16N4S2. The predicted octanol–water partition coefficient (Wildman–Crippen LogP) is 1.52. The van der Waals surface area contributed by atoms with Gasteiger partial charge in [-0.2, -0.15) is 11.8 Å². The summed E-state index contributed by atoms with van der Waals surface area (Å²) in [5.41, 5.74) is 1.08. The zero-order valence-corrected chi connectivity index (χ0v) is 10.7. The monoisotopic (exact) mass is 244 g/mol. The van der Waals surface area contributed by atoms with E-state index in [1.165, 1.54) is 17.3 Å². The molecule has 0 aromatic carbocycles. The molecule has 15 heavy (non-hydrogen) atoms. The second kappa shape index (κ2) is 5.14. The van der Waals surface area contributed by atoms with E-state index in [-0.39, 0.29) is 0 Å². The smallest absolute Gasteiger partial charge is 0.134 e. The molecule has 1 unspecified atom stereocenters. The zero-order chi connectivity index (χ0) is 10.7. The van der Waals surface area contributed by atoms with Crippen LogP contribution in [0.4, 0.5) is 5.00 Å². The number of thioether (sulfide) groups is 1. The number of nitrogens with zero attached hydrogens (tertiary/aromatic N) is 3. The lowest BCUT2D eigenvalue weighted by Crippen LogP contribution is -2.36. The molecule has 6 heteroatoms. The van der Waals surface area contributed by atoms with Gasteiger partial charge in [0.2, 0.25) is 0 Å². The van der Waals surface area contributed by atoms with E-state index in [2.05, 4.69) is 38.5 Å². The third kappa shape index (κ3) is 2.83. The van der Waals surface area contributed by atoms with Crippen molar-refractivity contribution in [1.82, 2.24) is 14.5 Å². The van der Waals surface area contributed by atoms with Crippen LogP contribution in [0, 0.1) is 0 Å². The Kier molecular flexibility index (Phi) is 3.82. The maximum Gasteiger partial charge on any atom is 0.134 e. The fourth-order valence-corrected chi connectivity index (χ4v) is 3.35. The first kappa shape index (κ1) is 11.2. The Bertz CT molecular complexity index is 315. The molecule has 0 saturated carbocycles. The minimum atomic E-state index is 0.739. The Balaban J connectivity index is 1.96. The van der Waals surface area contributed by atoms with Crippen LogP contribution in [0.1, 0.15) is 12.6 Å². The molecule has 0 amide bonds. The van der Waals surface area contributed by atoms with E-state index < -0.39 is 0 Å². The molecule has 0 aliphatic carbocycles. The molecule has 84 valence electrons. The standard InChI is InChI=1S/C9H16N4S2/c1-7-5-13(3-4-14-7)6-8-9(10-2)15-12-11-8/h7,10H,3-6H2,1-2H3. The maximum atomic E-state index is 4.16. The number of aromatic nitrogens is 2. The lowest BCUT2D eigenvalue weighted by molar-refractivity contribution is 0.275. The van der Waals surface area contributed by atoms with Gasteiger partial charge in [-0.25, -0.2) is 0 Å². The molecule has 2 heterocycles. The number of nitrogens with one attached hydrogen (secondary N) is 1. The van der Waals surface area contributed by atoms with Gasteiger partial charge in [0.25, 0.3) is 0 Å². The number of hydrogen-bond acceptors (Lipinski definition) is 6. The number of hydrogen-bond donors (Lipinski definition) is 1. The van der Waals surface area contributed by atoms with Crippen molar-refractivity contribution in [2.75, 3.05) is 31.2 Å². The Labute approximate surface area is 98.6 Å². The quantitative estimate of drug-likeness (QED) is 0.873. The second-order valence-electron chi connectivity index (χ2n) is 3.72. The third-order valence-corrected chi connectivity index (χ3v) is 4.40. The summed E-state index contributed by atoms with van der Waals surface area (Å²) in [4.78, 5) is 2.46. The molecule has 1 N–H and O–H groups in total. The van der Waals surface area contributed by atoms with Gasteiger partial charge in [-0.3, -0.25) is 4.90 Å². The molecule has 2 rings (SSSR count). The van der Waals surface area contributed by atoms with Crippen molar-refractivity contribution in [3.63, 3.8) is 0 Å². The van der Waals surface area contributed by atoms with Crippen molar-refractivity contribution in [3.05, 3.63) is 5.69 Å². The van der Waals surface area contributed by atoms with Gasteiger partial charge in [0.05, 0.1) is 0 Å². The largest absolute Gasteiger partial charge is 0.377 e. The minimum Gasteiger partial charge on any atom is -0.377 e. The fourth-order valence-electron chi connectivity index (χ4n) is 1.75. The zero-order valence-electron chi connectivity index (χ0n) is 9.06. The first-order valence-corrected chi connectivity index (χ1v) is 6.94. The van der Waals surface area contributed by atoms with Gasteiger partial charge in [-0.1, -0.05) is 11.4 Å².